The van der Waals surface area contributed by atoms with E-state index in [1.165, 1.54) is 12.1 Å². The van der Waals surface area contributed by atoms with Crippen molar-refractivity contribution in [3.63, 3.8) is 0 Å². The number of anilines is 1. The van der Waals surface area contributed by atoms with Crippen LogP contribution in [-0.2, 0) is 9.59 Å². The summed E-state index contributed by atoms with van der Waals surface area (Å²) in [4.78, 5) is 26.7. The number of nitrogens with zero attached hydrogens (tertiary/aromatic N) is 1. The van der Waals surface area contributed by atoms with Gasteiger partial charge in [-0.1, -0.05) is 26.8 Å². The molecule has 6 heteroatoms. The van der Waals surface area contributed by atoms with E-state index in [1.54, 1.807) is 11.0 Å². The second-order valence-corrected chi connectivity index (χ2v) is 7.43. The van der Waals surface area contributed by atoms with Crippen molar-refractivity contribution in [2.75, 3.05) is 25.0 Å². The number of hydrogen-bond donors (Lipinski definition) is 2. The van der Waals surface area contributed by atoms with Crippen LogP contribution >= 0.6 is 0 Å². The first kappa shape index (κ1) is 18.4. The highest BCUT2D eigenvalue weighted by Crippen LogP contribution is 2.34. The van der Waals surface area contributed by atoms with Crippen molar-refractivity contribution in [2.24, 2.45) is 5.41 Å². The van der Waals surface area contributed by atoms with Crippen LogP contribution < -0.4 is 5.32 Å². The first-order chi connectivity index (χ1) is 11.2. The fourth-order valence-electron chi connectivity index (χ4n) is 2.98. The van der Waals surface area contributed by atoms with Crippen molar-refractivity contribution in [3.8, 4) is 0 Å². The number of hydrogen-bond acceptors (Lipinski definition) is 3. The Balaban J connectivity index is 2.30. The Labute approximate surface area is 141 Å². The maximum Gasteiger partial charge on any atom is 0.230 e. The summed E-state index contributed by atoms with van der Waals surface area (Å²) in [6.07, 6.45) is 0.536. The second kappa shape index (κ2) is 7.30. The summed E-state index contributed by atoms with van der Waals surface area (Å²) in [6.45, 7) is 7.05. The number of fused-ring (bicyclic) bond motifs is 1. The van der Waals surface area contributed by atoms with E-state index in [4.69, 9.17) is 5.11 Å². The van der Waals surface area contributed by atoms with Gasteiger partial charge in [0.1, 0.15) is 5.82 Å². The molecule has 2 rings (SSSR count). The summed E-state index contributed by atoms with van der Waals surface area (Å²) in [7, 11) is 0. The number of nitrogens with one attached hydrogen (secondary N) is 1. The molecule has 1 unspecified atom stereocenters. The van der Waals surface area contributed by atoms with Gasteiger partial charge in [0.05, 0.1) is 5.92 Å². The highest BCUT2D eigenvalue weighted by molar-refractivity contribution is 6.01. The van der Waals surface area contributed by atoms with Gasteiger partial charge in [-0.15, -0.1) is 0 Å². The molecule has 1 aromatic carbocycles. The van der Waals surface area contributed by atoms with E-state index in [-0.39, 0.29) is 30.3 Å². The number of halogens is 1. The largest absolute Gasteiger partial charge is 0.396 e. The molecule has 1 aliphatic heterocycles. The first-order valence-electron chi connectivity index (χ1n) is 8.20. The fourth-order valence-corrected chi connectivity index (χ4v) is 2.98. The minimum absolute atomic E-state index is 0.000867. The lowest BCUT2D eigenvalue weighted by molar-refractivity contribution is -0.136. The third-order valence-electron chi connectivity index (χ3n) is 3.92. The Morgan fingerprint density at radius 1 is 1.42 bits per heavy atom. The van der Waals surface area contributed by atoms with Crippen molar-refractivity contribution in [2.45, 2.75) is 39.5 Å². The normalized spacial score (nSPS) is 17.2. The minimum Gasteiger partial charge on any atom is -0.396 e. The van der Waals surface area contributed by atoms with Crippen LogP contribution in [-0.4, -0.2) is 41.5 Å². The monoisotopic (exact) mass is 336 g/mol. The lowest BCUT2D eigenvalue weighted by atomic mass is 9.88. The van der Waals surface area contributed by atoms with E-state index in [0.717, 1.165) is 0 Å². The first-order valence-corrected chi connectivity index (χ1v) is 8.20. The van der Waals surface area contributed by atoms with Crippen LogP contribution in [0.5, 0.6) is 0 Å². The summed E-state index contributed by atoms with van der Waals surface area (Å²) in [5.74, 6) is -1.50. The van der Waals surface area contributed by atoms with Crippen LogP contribution in [0.4, 0.5) is 10.1 Å². The zero-order chi connectivity index (χ0) is 17.9. The number of benzene rings is 1. The third-order valence-corrected chi connectivity index (χ3v) is 3.92. The van der Waals surface area contributed by atoms with Crippen molar-refractivity contribution in [3.05, 3.63) is 29.6 Å². The Bertz CT molecular complexity index is 625. The number of carbonyl (C=O) groups excluding carboxylic acids is 2. The Hall–Kier alpha value is -1.95. The average Bonchev–Trinajstić information content (AvgIpc) is 2.48. The molecule has 2 N–H and O–H groups in total. The SMILES string of the molecule is CC(C)(C)CN(CCCO)C(=O)C1CC(=O)Nc2cc(F)ccc21. The molecule has 0 spiro atoms. The van der Waals surface area contributed by atoms with E-state index >= 15 is 0 Å². The van der Waals surface area contributed by atoms with Crippen LogP contribution in [0, 0.1) is 11.2 Å². The Kier molecular flexibility index (Phi) is 5.59. The molecule has 132 valence electrons. The third kappa shape index (κ3) is 4.54. The lowest BCUT2D eigenvalue weighted by Crippen LogP contribution is -2.43. The van der Waals surface area contributed by atoms with Crippen molar-refractivity contribution >= 4 is 17.5 Å². The van der Waals surface area contributed by atoms with Crippen LogP contribution in [0.1, 0.15) is 45.1 Å². The molecular formula is C18H25FN2O3. The standard InChI is InChI=1S/C18H25FN2O3/c1-18(2,3)11-21(7-4-8-22)17(24)14-10-16(23)20-15-9-12(19)5-6-13(14)15/h5-6,9,14,22H,4,7-8,10-11H2,1-3H3,(H,20,23). The topological polar surface area (TPSA) is 69.6 Å². The molecule has 5 nitrogen and oxygen atoms in total. The molecule has 0 radical (unpaired) electrons. The molecule has 0 bridgehead atoms. The van der Waals surface area contributed by atoms with Gasteiger partial charge in [-0.3, -0.25) is 9.59 Å². The quantitative estimate of drug-likeness (QED) is 0.868. The van der Waals surface area contributed by atoms with Gasteiger partial charge in [0.25, 0.3) is 0 Å². The van der Waals surface area contributed by atoms with Gasteiger partial charge < -0.3 is 15.3 Å². The predicted molar refractivity (Wildman–Crippen MR) is 90.1 cm³/mol. The summed E-state index contributed by atoms with van der Waals surface area (Å²) in [6, 6.07) is 4.11. The van der Waals surface area contributed by atoms with Crippen molar-refractivity contribution < 1.29 is 19.1 Å². The number of aliphatic hydroxyl groups excluding tert-OH is 1. The highest BCUT2D eigenvalue weighted by Gasteiger charge is 2.34. The Morgan fingerprint density at radius 2 is 2.12 bits per heavy atom. The molecule has 1 atom stereocenters. The number of amides is 2. The van der Waals surface area contributed by atoms with Crippen LogP contribution in [0.2, 0.25) is 0 Å². The van der Waals surface area contributed by atoms with Gasteiger partial charge in [-0.2, -0.15) is 0 Å². The molecule has 0 saturated heterocycles. The molecule has 2 amide bonds. The molecule has 1 heterocycles. The zero-order valence-corrected chi connectivity index (χ0v) is 14.4. The number of carbonyl (C=O) groups is 2. The molecule has 0 aromatic heterocycles. The van der Waals surface area contributed by atoms with Gasteiger partial charge in [-0.25, -0.2) is 4.39 Å². The van der Waals surface area contributed by atoms with Gasteiger partial charge in [0, 0.05) is 31.8 Å². The lowest BCUT2D eigenvalue weighted by Gasteiger charge is -2.34. The van der Waals surface area contributed by atoms with Crippen LogP contribution in [0.3, 0.4) is 0 Å². The fraction of sp³-hybridized carbons (Fsp3) is 0.556. The number of aliphatic hydroxyl groups is 1. The summed E-state index contributed by atoms with van der Waals surface area (Å²) in [5, 5.41) is 11.7. The zero-order valence-electron chi connectivity index (χ0n) is 14.4. The van der Waals surface area contributed by atoms with Gasteiger partial charge in [0.15, 0.2) is 0 Å². The number of rotatable bonds is 5. The highest BCUT2D eigenvalue weighted by atomic mass is 19.1. The molecule has 0 aliphatic carbocycles. The molecule has 24 heavy (non-hydrogen) atoms. The molecule has 0 fully saturated rings. The Morgan fingerprint density at radius 3 is 2.75 bits per heavy atom. The molecule has 1 aromatic rings. The molecular weight excluding hydrogens is 311 g/mol. The minimum atomic E-state index is -0.615. The summed E-state index contributed by atoms with van der Waals surface area (Å²) in [5.41, 5.74) is 0.902. The van der Waals surface area contributed by atoms with Gasteiger partial charge in [0.2, 0.25) is 11.8 Å². The van der Waals surface area contributed by atoms with Crippen molar-refractivity contribution in [1.29, 1.82) is 0 Å². The van der Waals surface area contributed by atoms with Crippen molar-refractivity contribution in [1.82, 2.24) is 4.90 Å². The smallest absolute Gasteiger partial charge is 0.230 e. The van der Waals surface area contributed by atoms with E-state index in [1.807, 2.05) is 20.8 Å². The van der Waals surface area contributed by atoms with Crippen LogP contribution in [0.25, 0.3) is 0 Å². The van der Waals surface area contributed by atoms with E-state index in [2.05, 4.69) is 5.32 Å². The summed E-state index contributed by atoms with van der Waals surface area (Å²) < 4.78 is 13.4. The van der Waals surface area contributed by atoms with Crippen LogP contribution in [0.15, 0.2) is 18.2 Å². The second-order valence-electron chi connectivity index (χ2n) is 7.43. The summed E-state index contributed by atoms with van der Waals surface area (Å²) >= 11 is 0. The average molecular weight is 336 g/mol. The molecule has 1 aliphatic rings. The van der Waals surface area contributed by atoms with E-state index in [0.29, 0.717) is 30.8 Å². The predicted octanol–water partition coefficient (Wildman–Crippen LogP) is 2.51. The molecule has 0 saturated carbocycles. The van der Waals surface area contributed by atoms with E-state index in [9.17, 15) is 14.0 Å². The maximum absolute atomic E-state index is 13.4. The van der Waals surface area contributed by atoms with Gasteiger partial charge >= 0.3 is 0 Å². The van der Waals surface area contributed by atoms with E-state index < -0.39 is 11.7 Å². The van der Waals surface area contributed by atoms with Gasteiger partial charge in [-0.05, 0) is 29.5 Å². The maximum atomic E-state index is 13.4.